The van der Waals surface area contributed by atoms with Gasteiger partial charge in [-0.25, -0.2) is 9.59 Å². The van der Waals surface area contributed by atoms with Crippen LogP contribution < -0.4 is 4.74 Å². The third-order valence-corrected chi connectivity index (χ3v) is 8.52. The molecule has 1 saturated heterocycles. The number of fused-ring (bicyclic) bond motifs is 3. The van der Waals surface area contributed by atoms with E-state index in [2.05, 4.69) is 22.9 Å². The molecule has 2 N–H and O–H groups in total. The molecule has 2 aliphatic rings. The number of carbonyl (C=O) groups is 4. The number of halogens is 1. The molecule has 1 aromatic carbocycles. The van der Waals surface area contributed by atoms with Crippen molar-refractivity contribution in [3.8, 4) is 5.75 Å². The summed E-state index contributed by atoms with van der Waals surface area (Å²) in [5, 5.41) is 22.5. The molecular weight excluding hydrogens is 668 g/mol. The highest BCUT2D eigenvalue weighted by atomic mass is 79.9. The number of aliphatic hydroxyl groups excluding tert-OH is 1. The zero-order valence-corrected chi connectivity index (χ0v) is 28.5. The van der Waals surface area contributed by atoms with Gasteiger partial charge in [0.05, 0.1) is 38.3 Å². The van der Waals surface area contributed by atoms with E-state index in [1.807, 2.05) is 0 Å². The Morgan fingerprint density at radius 2 is 1.87 bits per heavy atom. The quantitative estimate of drug-likeness (QED) is 0.159. The van der Waals surface area contributed by atoms with Gasteiger partial charge in [-0.2, -0.15) is 0 Å². The maximum absolute atomic E-state index is 13.3. The van der Waals surface area contributed by atoms with E-state index in [-0.39, 0.29) is 49.2 Å². The molecule has 2 heterocycles. The molecule has 0 amide bonds. The van der Waals surface area contributed by atoms with E-state index >= 15 is 0 Å². The van der Waals surface area contributed by atoms with Gasteiger partial charge in [0, 0.05) is 23.4 Å². The van der Waals surface area contributed by atoms with Gasteiger partial charge in [0.1, 0.15) is 24.0 Å². The van der Waals surface area contributed by atoms with Crippen LogP contribution >= 0.6 is 15.9 Å². The van der Waals surface area contributed by atoms with Crippen molar-refractivity contribution in [3.63, 3.8) is 0 Å². The lowest BCUT2D eigenvalue weighted by Gasteiger charge is -2.51. The number of hydrogen-bond acceptors (Lipinski definition) is 12. The first-order chi connectivity index (χ1) is 21.8. The molecule has 0 saturated carbocycles. The summed E-state index contributed by atoms with van der Waals surface area (Å²) >= 11 is 3.34. The highest BCUT2D eigenvalue weighted by Crippen LogP contribution is 2.46. The minimum atomic E-state index is -2.36. The second kappa shape index (κ2) is 17.2. The Morgan fingerprint density at radius 3 is 2.57 bits per heavy atom. The average molecular weight is 714 g/mol. The zero-order valence-electron chi connectivity index (χ0n) is 26.9. The van der Waals surface area contributed by atoms with E-state index < -0.39 is 66.6 Å². The van der Waals surface area contributed by atoms with Crippen LogP contribution in [-0.4, -0.2) is 85.1 Å². The first-order valence-electron chi connectivity index (χ1n) is 15.6. The number of aliphatic hydroxyl groups is 2. The lowest BCUT2D eigenvalue weighted by Crippen LogP contribution is -2.63. The minimum Gasteiger partial charge on any atom is -0.492 e. The number of carbonyl (C=O) groups excluding carboxylic acids is 4. The van der Waals surface area contributed by atoms with E-state index in [0.29, 0.717) is 10.9 Å². The third-order valence-electron chi connectivity index (χ3n) is 8.03. The molecule has 2 bridgehead atoms. The highest BCUT2D eigenvalue weighted by molar-refractivity contribution is 9.10. The highest BCUT2D eigenvalue weighted by Gasteiger charge is 2.59. The van der Waals surface area contributed by atoms with Crippen LogP contribution in [0.4, 0.5) is 0 Å². The molecule has 13 heteroatoms. The topological polar surface area (TPSA) is 164 Å². The van der Waals surface area contributed by atoms with Gasteiger partial charge in [0.2, 0.25) is 5.79 Å². The number of hydrogen-bond donors (Lipinski definition) is 2. The Kier molecular flexibility index (Phi) is 14.0. The molecule has 46 heavy (non-hydrogen) atoms. The van der Waals surface area contributed by atoms with Crippen molar-refractivity contribution >= 4 is 39.8 Å². The molecule has 0 spiro atoms. The lowest BCUT2D eigenvalue weighted by atomic mass is 9.75. The first-order valence-corrected chi connectivity index (χ1v) is 16.4. The summed E-state index contributed by atoms with van der Waals surface area (Å²) in [7, 11) is 1.19. The molecule has 12 nitrogen and oxygen atoms in total. The zero-order chi connectivity index (χ0) is 33.9. The van der Waals surface area contributed by atoms with Crippen LogP contribution in [0.1, 0.15) is 88.9 Å². The minimum absolute atomic E-state index is 0.0275. The fraction of sp³-hybridized carbons (Fsp3) is 0.636. The van der Waals surface area contributed by atoms with E-state index in [9.17, 15) is 29.4 Å². The van der Waals surface area contributed by atoms with Gasteiger partial charge >= 0.3 is 23.9 Å². The number of benzene rings is 1. The summed E-state index contributed by atoms with van der Waals surface area (Å²) < 4.78 is 34.4. The predicted octanol–water partition coefficient (Wildman–Crippen LogP) is 4.56. The summed E-state index contributed by atoms with van der Waals surface area (Å²) in [6.45, 7) is 4.16. The van der Waals surface area contributed by atoms with Crippen molar-refractivity contribution in [1.82, 2.24) is 0 Å². The lowest BCUT2D eigenvalue weighted by molar-refractivity contribution is -0.340. The van der Waals surface area contributed by atoms with E-state index in [1.165, 1.54) is 13.2 Å². The molecule has 0 aromatic heterocycles. The van der Waals surface area contributed by atoms with Crippen LogP contribution in [0.2, 0.25) is 0 Å². The number of cyclic esters (lactones) is 2. The van der Waals surface area contributed by atoms with Gasteiger partial charge in [-0.1, -0.05) is 62.4 Å². The van der Waals surface area contributed by atoms with Gasteiger partial charge in [0.15, 0.2) is 6.10 Å². The number of esters is 4. The Morgan fingerprint density at radius 1 is 1.13 bits per heavy atom. The second-order valence-corrected chi connectivity index (χ2v) is 13.1. The fourth-order valence-corrected chi connectivity index (χ4v) is 5.71. The van der Waals surface area contributed by atoms with Crippen molar-refractivity contribution in [2.75, 3.05) is 26.9 Å². The largest absolute Gasteiger partial charge is 0.492 e. The number of rotatable bonds is 9. The van der Waals surface area contributed by atoms with Crippen LogP contribution in [0.15, 0.2) is 34.3 Å². The molecular formula is C33H45BrO12. The molecule has 1 fully saturated rings. The van der Waals surface area contributed by atoms with Gasteiger partial charge in [0.25, 0.3) is 0 Å². The Hall–Kier alpha value is -3.00. The summed E-state index contributed by atoms with van der Waals surface area (Å²) in [5.74, 6) is -5.00. The fourth-order valence-electron chi connectivity index (χ4n) is 5.35. The normalized spacial score (nSPS) is 26.2. The van der Waals surface area contributed by atoms with Gasteiger partial charge in [-0.3, -0.25) is 9.59 Å². The van der Waals surface area contributed by atoms with Gasteiger partial charge in [-0.05, 0) is 36.6 Å². The molecule has 256 valence electrons. The molecule has 0 unspecified atom stereocenters. The Balaban J connectivity index is 2.04. The molecule has 3 rings (SSSR count). The van der Waals surface area contributed by atoms with Crippen molar-refractivity contribution in [3.05, 3.63) is 39.9 Å². The van der Waals surface area contributed by atoms with Crippen LogP contribution in [0, 0.1) is 5.41 Å². The van der Waals surface area contributed by atoms with E-state index in [4.69, 9.17) is 28.4 Å². The first kappa shape index (κ1) is 37.5. The number of methoxy groups -OCH3 is 1. The molecule has 0 radical (unpaired) electrons. The molecule has 1 aromatic rings. The predicted molar refractivity (Wildman–Crippen MR) is 168 cm³/mol. The van der Waals surface area contributed by atoms with Gasteiger partial charge < -0.3 is 38.6 Å². The number of unbranched alkanes of at least 4 members (excludes halogenated alkanes) is 4. The Bertz CT molecular complexity index is 1260. The van der Waals surface area contributed by atoms with Crippen molar-refractivity contribution < 1.29 is 57.8 Å². The molecule has 0 aliphatic carbocycles. The summed E-state index contributed by atoms with van der Waals surface area (Å²) in [6, 6.07) is 4.70. The van der Waals surface area contributed by atoms with Crippen molar-refractivity contribution in [2.24, 2.45) is 5.41 Å². The van der Waals surface area contributed by atoms with Crippen LogP contribution in [0.25, 0.3) is 0 Å². The number of ether oxygens (including phenoxy) is 6. The average Bonchev–Trinajstić information content (AvgIpc) is 3.01. The van der Waals surface area contributed by atoms with E-state index in [1.54, 1.807) is 26.0 Å². The van der Waals surface area contributed by atoms with Crippen molar-refractivity contribution in [2.45, 2.75) is 103 Å². The van der Waals surface area contributed by atoms with Crippen LogP contribution in [-0.2, 0) is 38.1 Å². The van der Waals surface area contributed by atoms with Crippen molar-refractivity contribution in [1.29, 1.82) is 0 Å². The second-order valence-electron chi connectivity index (χ2n) is 12.1. The molecule has 2 aliphatic heterocycles. The summed E-state index contributed by atoms with van der Waals surface area (Å²) in [5.41, 5.74) is -1.21. The third kappa shape index (κ3) is 10.00. The SMILES string of the molecule is CCCCCCCC(=O)O[C@H]1/C(=C/C(=O)OC)C[C@H]2C[C@H](CO)OC(=O)CCOc3ccc(Br)cc3C(=O)OCC(C)(C)[C@]1(O)O2. The maximum Gasteiger partial charge on any atom is 0.341 e. The van der Waals surface area contributed by atoms with Crippen LogP contribution in [0.5, 0.6) is 5.75 Å². The standard InChI is InChI=1S/C33H45BrO12/c1-5-6-7-8-9-10-27(36)45-30-21(16-29(38)41-4)15-23-18-24(19-35)44-28(37)13-14-42-26-12-11-22(34)17-25(26)31(39)43-20-32(2,3)33(30,40)46-23/h11-12,16-17,23-24,30,35,40H,5-10,13-15,18-20H2,1-4H3/b21-16+/t23-,24+,30-,33+/m0/s1. The maximum atomic E-state index is 13.3. The summed E-state index contributed by atoms with van der Waals surface area (Å²) in [6.07, 6.45) is 1.94. The van der Waals surface area contributed by atoms with E-state index in [0.717, 1.165) is 31.8 Å². The van der Waals surface area contributed by atoms with Gasteiger partial charge in [-0.15, -0.1) is 0 Å². The Labute approximate surface area is 277 Å². The van der Waals surface area contributed by atoms with Crippen LogP contribution in [0.3, 0.4) is 0 Å². The molecule has 4 atom stereocenters. The monoisotopic (exact) mass is 712 g/mol. The smallest absolute Gasteiger partial charge is 0.341 e. The summed E-state index contributed by atoms with van der Waals surface area (Å²) in [4.78, 5) is 51.6.